The van der Waals surface area contributed by atoms with Crippen LogP contribution >= 0.6 is 42.5 Å². The largest absolute Gasteiger partial charge is 0.487 e. The van der Waals surface area contributed by atoms with E-state index in [0.29, 0.717) is 21.3 Å². The van der Waals surface area contributed by atoms with E-state index in [1.54, 1.807) is 0 Å². The first-order valence-corrected chi connectivity index (χ1v) is 8.81. The minimum atomic E-state index is -3.75. The lowest BCUT2D eigenvalue weighted by Crippen LogP contribution is -1.98. The van der Waals surface area contributed by atoms with Gasteiger partial charge in [0.25, 0.3) is 9.05 Å². The molecule has 0 unspecified atom stereocenters. The Morgan fingerprint density at radius 1 is 1.33 bits per heavy atom. The molecule has 0 aromatic heterocycles. The predicted molar refractivity (Wildman–Crippen MR) is 79.8 cm³/mol. The van der Waals surface area contributed by atoms with Crippen LogP contribution in [0.2, 0.25) is 0 Å². The van der Waals surface area contributed by atoms with Crippen molar-refractivity contribution in [2.45, 2.75) is 18.7 Å². The monoisotopic (exact) mass is 416 g/mol. The van der Waals surface area contributed by atoms with Gasteiger partial charge in [0.15, 0.2) is 0 Å². The predicted octanol–water partition coefficient (Wildman–Crippen LogP) is 4.48. The molecule has 0 radical (unpaired) electrons. The second-order valence-electron chi connectivity index (χ2n) is 3.75. The summed E-state index contributed by atoms with van der Waals surface area (Å²) < 4.78 is 29.0. The molecule has 1 aromatic rings. The van der Waals surface area contributed by atoms with Crippen molar-refractivity contribution in [2.24, 2.45) is 0 Å². The van der Waals surface area contributed by atoms with E-state index in [-0.39, 0.29) is 4.90 Å². The van der Waals surface area contributed by atoms with Gasteiger partial charge >= 0.3 is 0 Å². The third-order valence-electron chi connectivity index (χ3n) is 1.97. The van der Waals surface area contributed by atoms with Gasteiger partial charge in [-0.25, -0.2) is 8.42 Å². The van der Waals surface area contributed by atoms with E-state index in [4.69, 9.17) is 15.4 Å². The summed E-state index contributed by atoms with van der Waals surface area (Å²) in [7, 11) is 1.53. The molecule has 0 aliphatic heterocycles. The van der Waals surface area contributed by atoms with Crippen LogP contribution in [0.4, 0.5) is 0 Å². The second kappa shape index (κ2) is 6.41. The van der Waals surface area contributed by atoms with Crippen molar-refractivity contribution in [1.82, 2.24) is 0 Å². The molecule has 0 aliphatic rings. The summed E-state index contributed by atoms with van der Waals surface area (Å²) in [5, 5.41) is 0. The number of rotatable bonds is 4. The van der Waals surface area contributed by atoms with E-state index in [2.05, 4.69) is 31.9 Å². The van der Waals surface area contributed by atoms with E-state index in [9.17, 15) is 8.42 Å². The van der Waals surface area contributed by atoms with Crippen LogP contribution in [0, 0.1) is 0 Å². The van der Waals surface area contributed by atoms with E-state index in [1.165, 1.54) is 12.1 Å². The summed E-state index contributed by atoms with van der Waals surface area (Å²) in [6, 6.07) is 2.82. The zero-order valence-corrected chi connectivity index (χ0v) is 14.5. The van der Waals surface area contributed by atoms with E-state index in [0.717, 1.165) is 5.57 Å². The summed E-state index contributed by atoms with van der Waals surface area (Å²) >= 11 is 6.52. The van der Waals surface area contributed by atoms with Gasteiger partial charge in [0.1, 0.15) is 12.4 Å². The fraction of sp³-hybridized carbons (Fsp3) is 0.273. The molecule has 7 heteroatoms. The molecule has 0 atom stereocenters. The first-order chi connectivity index (χ1) is 8.21. The summed E-state index contributed by atoms with van der Waals surface area (Å²) in [5.74, 6) is 0.538. The topological polar surface area (TPSA) is 43.4 Å². The quantitative estimate of drug-likeness (QED) is 0.535. The Morgan fingerprint density at radius 3 is 2.22 bits per heavy atom. The number of benzene rings is 1. The lowest BCUT2D eigenvalue weighted by atomic mass is 10.3. The lowest BCUT2D eigenvalue weighted by molar-refractivity contribution is 0.357. The van der Waals surface area contributed by atoms with Crippen molar-refractivity contribution in [1.29, 1.82) is 0 Å². The van der Waals surface area contributed by atoms with Gasteiger partial charge in [-0.15, -0.1) is 0 Å². The Balaban J connectivity index is 3.06. The molecular formula is C11H11Br2ClO3S. The van der Waals surface area contributed by atoms with Gasteiger partial charge in [0, 0.05) is 10.7 Å². The molecule has 0 aliphatic carbocycles. The Bertz CT molecular complexity index is 555. The minimum Gasteiger partial charge on any atom is -0.487 e. The molecule has 1 aromatic carbocycles. The van der Waals surface area contributed by atoms with Crippen LogP contribution in [-0.2, 0) is 9.05 Å². The van der Waals surface area contributed by atoms with Gasteiger partial charge in [-0.2, -0.15) is 0 Å². The molecular weight excluding hydrogens is 407 g/mol. The van der Waals surface area contributed by atoms with Gasteiger partial charge in [0.05, 0.1) is 13.8 Å². The highest BCUT2D eigenvalue weighted by atomic mass is 79.9. The smallest absolute Gasteiger partial charge is 0.261 e. The molecule has 100 valence electrons. The van der Waals surface area contributed by atoms with Crippen molar-refractivity contribution in [3.63, 3.8) is 0 Å². The fourth-order valence-corrected chi connectivity index (χ4v) is 3.61. The van der Waals surface area contributed by atoms with E-state index >= 15 is 0 Å². The molecule has 0 bridgehead atoms. The maximum Gasteiger partial charge on any atom is 0.261 e. The number of hydrogen-bond acceptors (Lipinski definition) is 3. The number of ether oxygens (including phenoxy) is 1. The van der Waals surface area contributed by atoms with Gasteiger partial charge in [-0.3, -0.25) is 0 Å². The minimum absolute atomic E-state index is 0.0116. The molecule has 0 spiro atoms. The van der Waals surface area contributed by atoms with Crippen molar-refractivity contribution in [3.8, 4) is 5.75 Å². The molecule has 0 fully saturated rings. The summed E-state index contributed by atoms with van der Waals surface area (Å²) in [6.45, 7) is 4.35. The average Bonchev–Trinajstić information content (AvgIpc) is 2.20. The standard InChI is InChI=1S/C11H11Br2ClO3S/c1-7(2)3-4-17-11-9(12)5-8(6-10(11)13)18(14,15)16/h3,5-6H,4H2,1-2H3. The third kappa shape index (κ3) is 4.57. The maximum absolute atomic E-state index is 11.2. The zero-order valence-electron chi connectivity index (χ0n) is 9.71. The Morgan fingerprint density at radius 2 is 1.83 bits per heavy atom. The summed E-state index contributed by atoms with van der Waals surface area (Å²) in [4.78, 5) is 0.0116. The van der Waals surface area contributed by atoms with Gasteiger partial charge < -0.3 is 4.74 Å². The Hall–Kier alpha value is -0.0400. The highest BCUT2D eigenvalue weighted by molar-refractivity contribution is 9.11. The molecule has 3 nitrogen and oxygen atoms in total. The third-order valence-corrected chi connectivity index (χ3v) is 4.48. The van der Waals surface area contributed by atoms with Crippen LogP contribution < -0.4 is 4.74 Å². The molecule has 0 saturated carbocycles. The summed E-state index contributed by atoms with van der Waals surface area (Å²) in [5.41, 5.74) is 1.14. The van der Waals surface area contributed by atoms with Gasteiger partial charge in [-0.05, 0) is 63.9 Å². The molecule has 18 heavy (non-hydrogen) atoms. The zero-order chi connectivity index (χ0) is 13.9. The van der Waals surface area contributed by atoms with Crippen molar-refractivity contribution in [3.05, 3.63) is 32.7 Å². The highest BCUT2D eigenvalue weighted by Crippen LogP contribution is 2.36. The van der Waals surface area contributed by atoms with Crippen LogP contribution in [0.1, 0.15) is 13.8 Å². The fourth-order valence-electron chi connectivity index (χ4n) is 1.11. The SMILES string of the molecule is CC(C)=CCOc1c(Br)cc(S(=O)(=O)Cl)cc1Br. The van der Waals surface area contributed by atoms with Crippen LogP contribution in [0.25, 0.3) is 0 Å². The average molecular weight is 419 g/mol. The molecule has 0 saturated heterocycles. The Labute approximate surface area is 128 Å². The normalized spacial score (nSPS) is 11.2. The molecule has 0 amide bonds. The molecule has 1 rings (SSSR count). The van der Waals surface area contributed by atoms with E-state index in [1.807, 2.05) is 19.9 Å². The lowest BCUT2D eigenvalue weighted by Gasteiger charge is -2.10. The van der Waals surface area contributed by atoms with Gasteiger partial charge in [-0.1, -0.05) is 5.57 Å². The number of allylic oxidation sites excluding steroid dienone is 1. The second-order valence-corrected chi connectivity index (χ2v) is 8.02. The number of hydrogen-bond donors (Lipinski definition) is 0. The number of halogens is 3. The van der Waals surface area contributed by atoms with Crippen LogP contribution in [0.3, 0.4) is 0 Å². The van der Waals surface area contributed by atoms with Crippen molar-refractivity contribution in [2.75, 3.05) is 6.61 Å². The van der Waals surface area contributed by atoms with Crippen molar-refractivity contribution < 1.29 is 13.2 Å². The van der Waals surface area contributed by atoms with Crippen LogP contribution in [0.15, 0.2) is 37.6 Å². The maximum atomic E-state index is 11.2. The first kappa shape index (κ1) is 16.0. The molecule has 0 N–H and O–H groups in total. The van der Waals surface area contributed by atoms with Crippen LogP contribution in [-0.4, -0.2) is 15.0 Å². The highest BCUT2D eigenvalue weighted by Gasteiger charge is 2.16. The van der Waals surface area contributed by atoms with E-state index < -0.39 is 9.05 Å². The first-order valence-electron chi connectivity index (χ1n) is 4.91. The summed E-state index contributed by atoms with van der Waals surface area (Å²) in [6.07, 6.45) is 1.92. The molecule has 0 heterocycles. The Kier molecular flexibility index (Phi) is 5.70. The van der Waals surface area contributed by atoms with Crippen LogP contribution in [0.5, 0.6) is 5.75 Å². The van der Waals surface area contributed by atoms with Gasteiger partial charge in [0.2, 0.25) is 0 Å². The van der Waals surface area contributed by atoms with Crippen molar-refractivity contribution >= 4 is 51.6 Å².